The molecule has 2 rings (SSSR count). The second-order valence-electron chi connectivity index (χ2n) is 4.47. The number of oxazole rings is 1. The highest BCUT2D eigenvalue weighted by Crippen LogP contribution is 2.28. The fourth-order valence-corrected chi connectivity index (χ4v) is 2.22. The average Bonchev–Trinajstić information content (AvgIpc) is 3.16. The minimum Gasteiger partial charge on any atom is -0.429 e. The van der Waals surface area contributed by atoms with Crippen molar-refractivity contribution in [1.82, 2.24) is 4.98 Å². The molecule has 0 aliphatic heterocycles. The Morgan fingerprint density at radius 1 is 1.52 bits per heavy atom. The Balaban J connectivity index is 1.80. The number of halogens is 3. The third-order valence-electron chi connectivity index (χ3n) is 2.67. The van der Waals surface area contributed by atoms with E-state index in [4.69, 9.17) is 9.25 Å². The van der Waals surface area contributed by atoms with Gasteiger partial charge in [-0.25, -0.2) is 13.6 Å². The molecule has 1 saturated carbocycles. The first-order valence-corrected chi connectivity index (χ1v) is 7.57. The second kappa shape index (κ2) is 7.39. The van der Waals surface area contributed by atoms with E-state index in [0.717, 1.165) is 12.8 Å². The van der Waals surface area contributed by atoms with Gasteiger partial charge in [0.15, 0.2) is 11.6 Å². The monoisotopic (exact) mass is 322 g/mol. The molecule has 116 valence electrons. The smallest absolute Gasteiger partial charge is 0.301 e. The van der Waals surface area contributed by atoms with Crippen LogP contribution in [-0.4, -0.2) is 27.8 Å². The number of hydrogen-bond donors (Lipinski definition) is 0. The quantitative estimate of drug-likeness (QED) is 0.545. The first kappa shape index (κ1) is 15.7. The van der Waals surface area contributed by atoms with Gasteiger partial charge < -0.3 is 9.25 Å². The molecule has 0 bridgehead atoms. The molecule has 1 aromatic rings. The van der Waals surface area contributed by atoms with Gasteiger partial charge in [-0.1, -0.05) is 5.16 Å². The Morgan fingerprint density at radius 3 is 2.95 bits per heavy atom. The number of oxime groups is 1. The molecule has 0 saturated heterocycles. The van der Waals surface area contributed by atoms with Gasteiger partial charge in [0.25, 0.3) is 5.22 Å². The fourth-order valence-electron chi connectivity index (χ4n) is 1.32. The number of aromatic nitrogens is 1. The van der Waals surface area contributed by atoms with Crippen LogP contribution in [0, 0.1) is 5.92 Å². The summed E-state index contributed by atoms with van der Waals surface area (Å²) in [6, 6.07) is 0. The molecule has 1 unspecified atom stereocenters. The molecule has 1 heterocycles. The number of hydrogen-bond acceptors (Lipinski definition) is 5. The van der Waals surface area contributed by atoms with Gasteiger partial charge in [-0.05, 0) is 18.8 Å². The van der Waals surface area contributed by atoms with E-state index in [9.17, 15) is 17.4 Å². The van der Waals surface area contributed by atoms with Crippen LogP contribution >= 0.6 is 0 Å². The van der Waals surface area contributed by atoms with Crippen LogP contribution in [0.1, 0.15) is 25.0 Å². The zero-order chi connectivity index (χ0) is 15.2. The van der Waals surface area contributed by atoms with Crippen LogP contribution in [0.2, 0.25) is 0 Å². The zero-order valence-electron chi connectivity index (χ0n) is 10.9. The summed E-state index contributed by atoms with van der Waals surface area (Å²) in [5.74, 6) is -1.12. The Morgan fingerprint density at radius 2 is 2.29 bits per heavy atom. The molecule has 9 heteroatoms. The molecular weight excluding hydrogens is 309 g/mol. The minimum atomic E-state index is -2.40. The minimum absolute atomic E-state index is 0.161. The van der Waals surface area contributed by atoms with Crippen molar-refractivity contribution in [3.8, 4) is 0 Å². The lowest BCUT2D eigenvalue weighted by molar-refractivity contribution is 0.135. The standard InChI is InChI=1S/C12H13F3N2O3S/c13-10(11(14)15)3-4-21(18)12-16-5-9(20-12)6-17-19-7-8-1-2-8/h5-6,8H,1-4,7H2/b17-6-. The van der Waals surface area contributed by atoms with E-state index in [1.165, 1.54) is 12.4 Å². The molecule has 21 heavy (non-hydrogen) atoms. The van der Waals surface area contributed by atoms with Crippen molar-refractivity contribution in [3.05, 3.63) is 23.9 Å². The SMILES string of the molecule is O=S(CCC(F)=C(F)F)c1ncc(/C=N\OCC2CC2)o1. The zero-order valence-corrected chi connectivity index (χ0v) is 11.7. The lowest BCUT2D eigenvalue weighted by Crippen LogP contribution is -1.99. The van der Waals surface area contributed by atoms with Gasteiger partial charge in [-0.3, -0.25) is 0 Å². The van der Waals surface area contributed by atoms with E-state index in [1.807, 2.05) is 0 Å². The molecule has 1 atom stereocenters. The summed E-state index contributed by atoms with van der Waals surface area (Å²) in [4.78, 5) is 8.73. The van der Waals surface area contributed by atoms with Crippen molar-refractivity contribution < 1.29 is 26.6 Å². The predicted octanol–water partition coefficient (Wildman–Crippen LogP) is 3.01. The van der Waals surface area contributed by atoms with Crippen LogP contribution in [0.5, 0.6) is 0 Å². The number of rotatable bonds is 8. The van der Waals surface area contributed by atoms with Gasteiger partial charge in [0.2, 0.25) is 0 Å². The molecule has 0 N–H and O–H groups in total. The van der Waals surface area contributed by atoms with Gasteiger partial charge in [-0.2, -0.15) is 8.78 Å². The normalized spacial score (nSPS) is 16.1. The van der Waals surface area contributed by atoms with Crippen molar-refractivity contribution in [3.63, 3.8) is 0 Å². The van der Waals surface area contributed by atoms with E-state index < -0.39 is 29.1 Å². The van der Waals surface area contributed by atoms with Crippen molar-refractivity contribution in [1.29, 1.82) is 0 Å². The van der Waals surface area contributed by atoms with Gasteiger partial charge in [-0.15, -0.1) is 0 Å². The summed E-state index contributed by atoms with van der Waals surface area (Å²) in [6.45, 7) is 0.545. The van der Waals surface area contributed by atoms with E-state index in [0.29, 0.717) is 12.5 Å². The summed E-state index contributed by atoms with van der Waals surface area (Å²) < 4.78 is 53.1. The first-order chi connectivity index (χ1) is 10.1. The molecule has 0 amide bonds. The topological polar surface area (TPSA) is 64.7 Å². The van der Waals surface area contributed by atoms with E-state index in [-0.39, 0.29) is 16.7 Å². The maximum absolute atomic E-state index is 12.6. The molecule has 5 nitrogen and oxygen atoms in total. The van der Waals surface area contributed by atoms with Crippen molar-refractivity contribution in [2.24, 2.45) is 11.1 Å². The van der Waals surface area contributed by atoms with Crippen LogP contribution in [0.25, 0.3) is 0 Å². The molecule has 1 fully saturated rings. The third-order valence-corrected chi connectivity index (χ3v) is 3.82. The Hall–Kier alpha value is -1.64. The predicted molar refractivity (Wildman–Crippen MR) is 69.0 cm³/mol. The largest absolute Gasteiger partial charge is 0.429 e. The van der Waals surface area contributed by atoms with E-state index in [1.54, 1.807) is 0 Å². The average molecular weight is 322 g/mol. The molecule has 1 aliphatic carbocycles. The lowest BCUT2D eigenvalue weighted by atomic mass is 10.4. The van der Waals surface area contributed by atoms with Crippen molar-refractivity contribution >= 4 is 17.0 Å². The second-order valence-corrected chi connectivity index (χ2v) is 5.92. The number of allylic oxidation sites excluding steroid dienone is 1. The fraction of sp³-hybridized carbons (Fsp3) is 0.500. The Kier molecular flexibility index (Phi) is 5.54. The van der Waals surface area contributed by atoms with E-state index >= 15 is 0 Å². The van der Waals surface area contributed by atoms with Gasteiger partial charge in [0.05, 0.1) is 6.20 Å². The van der Waals surface area contributed by atoms with Crippen LogP contribution in [0.15, 0.2) is 32.9 Å². The van der Waals surface area contributed by atoms with Crippen LogP contribution in [0.3, 0.4) is 0 Å². The summed E-state index contributed by atoms with van der Waals surface area (Å²) in [7, 11) is -1.79. The highest BCUT2D eigenvalue weighted by molar-refractivity contribution is 7.84. The third kappa shape index (κ3) is 5.33. The lowest BCUT2D eigenvalue weighted by Gasteiger charge is -1.95. The van der Waals surface area contributed by atoms with Gasteiger partial charge >= 0.3 is 6.08 Å². The van der Waals surface area contributed by atoms with Crippen LogP contribution in [0.4, 0.5) is 13.2 Å². The van der Waals surface area contributed by atoms with Crippen molar-refractivity contribution in [2.75, 3.05) is 12.4 Å². The summed E-state index contributed by atoms with van der Waals surface area (Å²) in [6.07, 6.45) is 1.80. The van der Waals surface area contributed by atoms with Crippen molar-refractivity contribution in [2.45, 2.75) is 24.5 Å². The molecular formula is C12H13F3N2O3S. The maximum atomic E-state index is 12.6. The molecule has 0 spiro atoms. The molecule has 0 aromatic carbocycles. The van der Waals surface area contributed by atoms with Gasteiger partial charge in [0, 0.05) is 12.2 Å². The maximum Gasteiger partial charge on any atom is 0.301 e. The Labute approximate surface area is 121 Å². The highest BCUT2D eigenvalue weighted by atomic mass is 32.2. The van der Waals surface area contributed by atoms with Crippen LogP contribution < -0.4 is 0 Å². The summed E-state index contributed by atoms with van der Waals surface area (Å²) in [5, 5.41) is 3.51. The van der Waals surface area contributed by atoms with Crippen LogP contribution in [-0.2, 0) is 15.6 Å². The number of nitrogens with zero attached hydrogens (tertiary/aromatic N) is 2. The highest BCUT2D eigenvalue weighted by Gasteiger charge is 2.21. The summed E-state index contributed by atoms with van der Waals surface area (Å²) in [5.41, 5.74) is 0. The van der Waals surface area contributed by atoms with E-state index in [2.05, 4.69) is 10.1 Å². The van der Waals surface area contributed by atoms with Gasteiger partial charge in [0.1, 0.15) is 23.6 Å². The molecule has 0 radical (unpaired) electrons. The first-order valence-electron chi connectivity index (χ1n) is 6.25. The Bertz CT molecular complexity index is 566. The summed E-state index contributed by atoms with van der Waals surface area (Å²) >= 11 is 0. The molecule has 1 aliphatic rings. The molecule has 1 aromatic heterocycles.